The quantitative estimate of drug-likeness (QED) is 0.188. The van der Waals surface area contributed by atoms with E-state index in [0.717, 1.165) is 50.5 Å². The fraction of sp³-hybridized carbons (Fsp3) is 0. The van der Waals surface area contributed by atoms with Gasteiger partial charge in [0.05, 0.1) is 39.1 Å². The highest BCUT2D eigenvalue weighted by Crippen LogP contribution is 2.41. The maximum atomic E-state index is 5.23. The summed E-state index contributed by atoms with van der Waals surface area (Å²) in [7, 11) is 0. The van der Waals surface area contributed by atoms with Crippen LogP contribution in [-0.4, -0.2) is 19.1 Å². The van der Waals surface area contributed by atoms with Crippen molar-refractivity contribution in [1.29, 1.82) is 0 Å². The molecule has 0 aliphatic heterocycles. The van der Waals surface area contributed by atoms with E-state index in [1.54, 1.807) is 0 Å². The van der Waals surface area contributed by atoms with E-state index in [1.165, 1.54) is 32.6 Å². The Bertz CT molecular complexity index is 2790. The molecule has 0 atom stereocenters. The Morgan fingerprint density at radius 1 is 0.340 bits per heavy atom. The first-order valence-corrected chi connectivity index (χ1v) is 16.9. The highest BCUT2D eigenvalue weighted by molar-refractivity contribution is 6.19. The molecule has 50 heavy (non-hydrogen) atoms. The maximum absolute atomic E-state index is 5.23. The molecule has 0 aliphatic carbocycles. The summed E-state index contributed by atoms with van der Waals surface area (Å²) in [5.41, 5.74) is 11.7. The van der Waals surface area contributed by atoms with Crippen LogP contribution in [0.15, 0.2) is 182 Å². The zero-order valence-corrected chi connectivity index (χ0v) is 27.1. The van der Waals surface area contributed by atoms with Crippen molar-refractivity contribution in [3.8, 4) is 45.3 Å². The highest BCUT2D eigenvalue weighted by Gasteiger charge is 2.21. The molecule has 10 rings (SSSR count). The molecule has 0 radical (unpaired) electrons. The molecule has 10 aromatic rings. The van der Waals surface area contributed by atoms with Crippen LogP contribution in [0.25, 0.3) is 88.9 Å². The zero-order chi connectivity index (χ0) is 33.0. The lowest BCUT2D eigenvalue weighted by atomic mass is 10.1. The first kappa shape index (κ1) is 28.3. The largest absolute Gasteiger partial charge is 0.309 e. The van der Waals surface area contributed by atoms with E-state index in [1.807, 2.05) is 12.1 Å². The second-order valence-corrected chi connectivity index (χ2v) is 12.6. The minimum absolute atomic E-state index is 0.688. The molecular formula is C46H30N4. The first-order valence-electron chi connectivity index (χ1n) is 16.9. The van der Waals surface area contributed by atoms with Crippen molar-refractivity contribution >= 4 is 43.6 Å². The van der Waals surface area contributed by atoms with Crippen LogP contribution in [-0.2, 0) is 0 Å². The monoisotopic (exact) mass is 638 g/mol. The Morgan fingerprint density at radius 3 is 1.40 bits per heavy atom. The maximum Gasteiger partial charge on any atom is 0.162 e. The number of nitrogens with zero attached hydrogens (tertiary/aromatic N) is 4. The Hall–Kier alpha value is -6.78. The molecule has 4 heteroatoms. The van der Waals surface area contributed by atoms with Gasteiger partial charge in [-0.25, -0.2) is 9.97 Å². The van der Waals surface area contributed by atoms with E-state index >= 15 is 0 Å². The van der Waals surface area contributed by atoms with Gasteiger partial charge in [0.1, 0.15) is 0 Å². The summed E-state index contributed by atoms with van der Waals surface area (Å²) in [5, 5.41) is 4.84. The lowest BCUT2D eigenvalue weighted by Crippen LogP contribution is -2.01. The molecule has 234 valence electrons. The van der Waals surface area contributed by atoms with Crippen LogP contribution in [0.4, 0.5) is 0 Å². The predicted octanol–water partition coefficient (Wildman–Crippen LogP) is 11.7. The molecule has 0 N–H and O–H groups in total. The average Bonchev–Trinajstić information content (AvgIpc) is 3.70. The molecule has 3 heterocycles. The fourth-order valence-corrected chi connectivity index (χ4v) is 7.48. The second-order valence-electron chi connectivity index (χ2n) is 12.6. The lowest BCUT2D eigenvalue weighted by Gasteiger charge is -2.15. The third kappa shape index (κ3) is 4.46. The van der Waals surface area contributed by atoms with E-state index in [2.05, 4.69) is 179 Å². The molecule has 0 fully saturated rings. The summed E-state index contributed by atoms with van der Waals surface area (Å²) >= 11 is 0. The Balaban J connectivity index is 1.27. The molecule has 0 spiro atoms. The van der Waals surface area contributed by atoms with E-state index < -0.39 is 0 Å². The van der Waals surface area contributed by atoms with E-state index in [9.17, 15) is 0 Å². The Labute approximate surface area is 289 Å². The molecule has 3 aromatic heterocycles. The zero-order valence-electron chi connectivity index (χ0n) is 27.1. The molecule has 4 nitrogen and oxygen atoms in total. The fourth-order valence-electron chi connectivity index (χ4n) is 7.48. The van der Waals surface area contributed by atoms with Gasteiger partial charge < -0.3 is 9.13 Å². The predicted molar refractivity (Wildman–Crippen MR) is 207 cm³/mol. The van der Waals surface area contributed by atoms with Crippen molar-refractivity contribution in [3.63, 3.8) is 0 Å². The smallest absolute Gasteiger partial charge is 0.162 e. The van der Waals surface area contributed by atoms with Crippen molar-refractivity contribution < 1.29 is 0 Å². The van der Waals surface area contributed by atoms with Crippen molar-refractivity contribution in [2.24, 2.45) is 0 Å². The summed E-state index contributed by atoms with van der Waals surface area (Å²) < 4.78 is 4.78. The number of fused-ring (bicyclic) bond motifs is 6. The van der Waals surface area contributed by atoms with E-state index in [0.29, 0.717) is 5.82 Å². The number of aromatic nitrogens is 4. The summed E-state index contributed by atoms with van der Waals surface area (Å²) in [6, 6.07) is 64.2. The SMILES string of the molecule is c1ccc(-c2cc(-c3ccccc3)nc(-c3ccccc3-n3c4ccccc4c4cc5c(cc43)c3ccccc3n5-c3ccccc3)n2)cc1. The molecule has 0 amide bonds. The molecule has 0 bridgehead atoms. The lowest BCUT2D eigenvalue weighted by molar-refractivity contribution is 1.14. The second kappa shape index (κ2) is 11.4. The van der Waals surface area contributed by atoms with Crippen LogP contribution in [0.3, 0.4) is 0 Å². The topological polar surface area (TPSA) is 35.6 Å². The van der Waals surface area contributed by atoms with Gasteiger partial charge in [-0.1, -0.05) is 127 Å². The number of hydrogen-bond donors (Lipinski definition) is 0. The van der Waals surface area contributed by atoms with Crippen LogP contribution >= 0.6 is 0 Å². The molecular weight excluding hydrogens is 609 g/mol. The number of benzene rings is 7. The standard InChI is InChI=1S/C46H30N4/c1-4-16-31(17-5-1)39-30-40(32-18-6-2-7-19-32)48-46(47-39)36-24-12-15-27-43(36)50-42-26-14-11-23-35(42)38-28-44-37(29-45(38)50)34-22-10-13-25-41(34)49(44)33-20-8-3-9-21-33/h1-30H. The number of rotatable bonds is 5. The van der Waals surface area contributed by atoms with E-state index in [-0.39, 0.29) is 0 Å². The summed E-state index contributed by atoms with van der Waals surface area (Å²) in [5.74, 6) is 0.688. The minimum Gasteiger partial charge on any atom is -0.309 e. The van der Waals surface area contributed by atoms with Gasteiger partial charge in [-0.2, -0.15) is 0 Å². The third-order valence-corrected chi connectivity index (χ3v) is 9.73. The highest BCUT2D eigenvalue weighted by atomic mass is 15.0. The molecule has 0 aliphatic rings. The number of hydrogen-bond acceptors (Lipinski definition) is 2. The molecule has 7 aromatic carbocycles. The van der Waals surface area contributed by atoms with Crippen LogP contribution < -0.4 is 0 Å². The average molecular weight is 639 g/mol. The van der Waals surface area contributed by atoms with Gasteiger partial charge in [-0.15, -0.1) is 0 Å². The number of para-hydroxylation sites is 4. The third-order valence-electron chi connectivity index (χ3n) is 9.73. The minimum atomic E-state index is 0.688. The van der Waals surface area contributed by atoms with Crippen LogP contribution in [0.5, 0.6) is 0 Å². The summed E-state index contributed by atoms with van der Waals surface area (Å²) in [6.45, 7) is 0. The summed E-state index contributed by atoms with van der Waals surface area (Å²) in [6.07, 6.45) is 0. The van der Waals surface area contributed by atoms with Crippen molar-refractivity contribution in [2.45, 2.75) is 0 Å². The van der Waals surface area contributed by atoms with Gasteiger partial charge in [-0.05, 0) is 54.6 Å². The van der Waals surface area contributed by atoms with Gasteiger partial charge in [0.2, 0.25) is 0 Å². The van der Waals surface area contributed by atoms with Gasteiger partial charge in [0.15, 0.2) is 5.82 Å². The van der Waals surface area contributed by atoms with Crippen molar-refractivity contribution in [2.75, 3.05) is 0 Å². The van der Waals surface area contributed by atoms with Crippen molar-refractivity contribution in [3.05, 3.63) is 182 Å². The van der Waals surface area contributed by atoms with Gasteiger partial charge in [-0.3, -0.25) is 0 Å². The normalized spacial score (nSPS) is 11.6. The molecule has 0 saturated carbocycles. The van der Waals surface area contributed by atoms with E-state index in [4.69, 9.17) is 9.97 Å². The molecule has 0 unspecified atom stereocenters. The van der Waals surface area contributed by atoms with Crippen molar-refractivity contribution in [1.82, 2.24) is 19.1 Å². The van der Waals surface area contributed by atoms with Gasteiger partial charge in [0, 0.05) is 43.9 Å². The molecule has 0 saturated heterocycles. The Kier molecular flexibility index (Phi) is 6.46. The van der Waals surface area contributed by atoms with Crippen LogP contribution in [0, 0.1) is 0 Å². The van der Waals surface area contributed by atoms with Crippen LogP contribution in [0.1, 0.15) is 0 Å². The first-order chi connectivity index (χ1) is 24.8. The summed E-state index contributed by atoms with van der Waals surface area (Å²) in [4.78, 5) is 10.5. The van der Waals surface area contributed by atoms with Gasteiger partial charge >= 0.3 is 0 Å². The Morgan fingerprint density at radius 2 is 0.800 bits per heavy atom. The van der Waals surface area contributed by atoms with Crippen LogP contribution in [0.2, 0.25) is 0 Å². The van der Waals surface area contributed by atoms with Gasteiger partial charge in [0.25, 0.3) is 0 Å².